The van der Waals surface area contributed by atoms with E-state index in [1.807, 2.05) is 32.0 Å². The number of benzene rings is 1. The zero-order valence-corrected chi connectivity index (χ0v) is 10.9. The van der Waals surface area contributed by atoms with Gasteiger partial charge in [-0.15, -0.1) is 0 Å². The van der Waals surface area contributed by atoms with E-state index in [0.717, 1.165) is 40.6 Å². The summed E-state index contributed by atoms with van der Waals surface area (Å²) in [5.74, 6) is -0.872. The normalized spacial score (nSPS) is 10.8. The van der Waals surface area contributed by atoms with Gasteiger partial charge in [-0.1, -0.05) is 19.9 Å². The van der Waals surface area contributed by atoms with Crippen LogP contribution in [-0.2, 0) is 12.8 Å². The lowest BCUT2D eigenvalue weighted by Crippen LogP contribution is -2.06. The number of carboxylic acid groups (broad SMARTS) is 1. The molecule has 1 N–H and O–H groups in total. The summed E-state index contributed by atoms with van der Waals surface area (Å²) >= 11 is 0. The number of hydrogen-bond acceptors (Lipinski definition) is 2. The second-order valence-corrected chi connectivity index (χ2v) is 4.42. The number of fused-ring (bicyclic) bond motifs is 1. The first kappa shape index (κ1) is 12.6. The van der Waals surface area contributed by atoms with E-state index in [1.54, 1.807) is 0 Å². The van der Waals surface area contributed by atoms with Crippen molar-refractivity contribution in [3.63, 3.8) is 0 Å². The van der Waals surface area contributed by atoms with Gasteiger partial charge in [-0.3, -0.25) is 4.98 Å². The van der Waals surface area contributed by atoms with Gasteiger partial charge < -0.3 is 5.11 Å². The first-order chi connectivity index (χ1) is 8.58. The van der Waals surface area contributed by atoms with Crippen LogP contribution in [0.15, 0.2) is 18.2 Å². The molecule has 0 atom stereocenters. The molecule has 0 radical (unpaired) electrons. The van der Waals surface area contributed by atoms with Crippen molar-refractivity contribution in [2.75, 3.05) is 0 Å². The summed E-state index contributed by atoms with van der Waals surface area (Å²) in [5.41, 5.74) is 3.95. The molecule has 1 heterocycles. The molecule has 0 saturated carbocycles. The lowest BCUT2D eigenvalue weighted by molar-refractivity contribution is 0.0698. The minimum Gasteiger partial charge on any atom is -0.478 e. The number of aromatic nitrogens is 1. The Morgan fingerprint density at radius 2 is 2.00 bits per heavy atom. The second kappa shape index (κ2) is 4.77. The Balaban J connectivity index is 2.87. The van der Waals surface area contributed by atoms with E-state index in [1.165, 1.54) is 0 Å². The lowest BCUT2D eigenvalue weighted by atomic mass is 9.98. The highest BCUT2D eigenvalue weighted by Crippen LogP contribution is 2.25. The SMILES string of the molecule is CCc1ccc2nc(CC)c(C)c(C(=O)O)c2c1. The third-order valence-corrected chi connectivity index (χ3v) is 3.35. The molecule has 0 amide bonds. The van der Waals surface area contributed by atoms with Gasteiger partial charge in [-0.25, -0.2) is 4.79 Å². The second-order valence-electron chi connectivity index (χ2n) is 4.42. The molecular weight excluding hydrogens is 226 g/mol. The van der Waals surface area contributed by atoms with Crippen molar-refractivity contribution in [3.05, 3.63) is 40.6 Å². The maximum absolute atomic E-state index is 11.5. The third-order valence-electron chi connectivity index (χ3n) is 3.35. The Kier molecular flexibility index (Phi) is 3.32. The average molecular weight is 243 g/mol. The summed E-state index contributed by atoms with van der Waals surface area (Å²) in [4.78, 5) is 16.0. The van der Waals surface area contributed by atoms with E-state index in [2.05, 4.69) is 11.9 Å². The molecule has 2 rings (SSSR count). The number of rotatable bonds is 3. The average Bonchev–Trinajstić information content (AvgIpc) is 2.36. The van der Waals surface area contributed by atoms with Crippen LogP contribution >= 0.6 is 0 Å². The minimum atomic E-state index is -0.872. The van der Waals surface area contributed by atoms with Crippen molar-refractivity contribution in [1.29, 1.82) is 0 Å². The van der Waals surface area contributed by atoms with E-state index in [9.17, 15) is 9.90 Å². The Morgan fingerprint density at radius 1 is 1.28 bits per heavy atom. The summed E-state index contributed by atoms with van der Waals surface area (Å²) in [5, 5.41) is 10.2. The summed E-state index contributed by atoms with van der Waals surface area (Å²) in [6.07, 6.45) is 1.64. The minimum absolute atomic E-state index is 0.396. The van der Waals surface area contributed by atoms with E-state index in [-0.39, 0.29) is 0 Å². The fraction of sp³-hybridized carbons (Fsp3) is 0.333. The summed E-state index contributed by atoms with van der Waals surface area (Å²) in [6.45, 7) is 5.89. The van der Waals surface area contributed by atoms with Gasteiger partial charge in [-0.05, 0) is 43.0 Å². The number of pyridine rings is 1. The Bertz CT molecular complexity index is 617. The van der Waals surface area contributed by atoms with Gasteiger partial charge in [0.1, 0.15) is 0 Å². The Labute approximate surface area is 106 Å². The highest BCUT2D eigenvalue weighted by molar-refractivity contribution is 6.04. The third kappa shape index (κ3) is 1.96. The largest absolute Gasteiger partial charge is 0.478 e. The van der Waals surface area contributed by atoms with Gasteiger partial charge in [0.05, 0.1) is 11.1 Å². The number of carboxylic acids is 1. The van der Waals surface area contributed by atoms with Gasteiger partial charge in [0.15, 0.2) is 0 Å². The molecule has 0 saturated heterocycles. The van der Waals surface area contributed by atoms with Crippen molar-refractivity contribution in [3.8, 4) is 0 Å². The lowest BCUT2D eigenvalue weighted by Gasteiger charge is -2.11. The molecule has 0 spiro atoms. The van der Waals surface area contributed by atoms with Crippen LogP contribution < -0.4 is 0 Å². The van der Waals surface area contributed by atoms with E-state index >= 15 is 0 Å². The van der Waals surface area contributed by atoms with Crippen LogP contribution in [0, 0.1) is 6.92 Å². The number of aromatic carboxylic acids is 1. The van der Waals surface area contributed by atoms with Crippen molar-refractivity contribution in [2.24, 2.45) is 0 Å². The van der Waals surface area contributed by atoms with Crippen molar-refractivity contribution in [2.45, 2.75) is 33.6 Å². The predicted molar refractivity (Wildman–Crippen MR) is 72.2 cm³/mol. The molecule has 2 aromatic rings. The van der Waals surface area contributed by atoms with Crippen LogP contribution in [0.4, 0.5) is 0 Å². The molecule has 1 aromatic carbocycles. The predicted octanol–water partition coefficient (Wildman–Crippen LogP) is 3.37. The van der Waals surface area contributed by atoms with Crippen molar-refractivity contribution in [1.82, 2.24) is 4.98 Å². The zero-order chi connectivity index (χ0) is 13.3. The van der Waals surface area contributed by atoms with Gasteiger partial charge in [0.25, 0.3) is 0 Å². The molecule has 18 heavy (non-hydrogen) atoms. The smallest absolute Gasteiger partial charge is 0.336 e. The summed E-state index contributed by atoms with van der Waals surface area (Å²) < 4.78 is 0. The highest BCUT2D eigenvalue weighted by Gasteiger charge is 2.16. The first-order valence-corrected chi connectivity index (χ1v) is 6.23. The van der Waals surface area contributed by atoms with Crippen LogP contribution in [0.1, 0.15) is 41.0 Å². The number of aryl methyl sites for hydroxylation is 2. The van der Waals surface area contributed by atoms with Crippen LogP contribution in [0.3, 0.4) is 0 Å². The maximum Gasteiger partial charge on any atom is 0.336 e. The standard InChI is InChI=1S/C15H17NO2/c1-4-10-6-7-13-11(8-10)14(15(17)18)9(3)12(5-2)16-13/h6-8H,4-5H2,1-3H3,(H,17,18). The molecule has 3 heteroatoms. The fourth-order valence-corrected chi connectivity index (χ4v) is 2.30. The van der Waals surface area contributed by atoms with E-state index < -0.39 is 5.97 Å². The molecular formula is C15H17NO2. The number of hydrogen-bond donors (Lipinski definition) is 1. The van der Waals surface area contributed by atoms with Gasteiger partial charge in [0.2, 0.25) is 0 Å². The fourth-order valence-electron chi connectivity index (χ4n) is 2.30. The molecule has 0 unspecified atom stereocenters. The molecule has 94 valence electrons. The van der Waals surface area contributed by atoms with E-state index in [4.69, 9.17) is 0 Å². The summed E-state index contributed by atoms with van der Waals surface area (Å²) in [7, 11) is 0. The van der Waals surface area contributed by atoms with Crippen LogP contribution in [0.5, 0.6) is 0 Å². The van der Waals surface area contributed by atoms with Gasteiger partial charge >= 0.3 is 5.97 Å². The zero-order valence-electron chi connectivity index (χ0n) is 10.9. The van der Waals surface area contributed by atoms with Crippen LogP contribution in [0.25, 0.3) is 10.9 Å². The number of nitrogens with zero attached hydrogens (tertiary/aromatic N) is 1. The molecule has 0 aliphatic rings. The topological polar surface area (TPSA) is 50.2 Å². The van der Waals surface area contributed by atoms with Crippen LogP contribution in [-0.4, -0.2) is 16.1 Å². The van der Waals surface area contributed by atoms with Crippen LogP contribution in [0.2, 0.25) is 0 Å². The molecule has 1 aromatic heterocycles. The first-order valence-electron chi connectivity index (χ1n) is 6.23. The van der Waals surface area contributed by atoms with Crippen molar-refractivity contribution < 1.29 is 9.90 Å². The molecule has 0 aliphatic heterocycles. The maximum atomic E-state index is 11.5. The molecule has 3 nitrogen and oxygen atoms in total. The van der Waals surface area contributed by atoms with Crippen molar-refractivity contribution >= 4 is 16.9 Å². The Hall–Kier alpha value is -1.90. The van der Waals surface area contributed by atoms with Gasteiger partial charge in [0, 0.05) is 11.1 Å². The number of carbonyl (C=O) groups is 1. The van der Waals surface area contributed by atoms with Gasteiger partial charge in [-0.2, -0.15) is 0 Å². The summed E-state index contributed by atoms with van der Waals surface area (Å²) in [6, 6.07) is 5.87. The Morgan fingerprint density at radius 3 is 2.56 bits per heavy atom. The molecule has 0 fully saturated rings. The molecule has 0 aliphatic carbocycles. The highest BCUT2D eigenvalue weighted by atomic mass is 16.4. The monoisotopic (exact) mass is 243 g/mol. The quantitative estimate of drug-likeness (QED) is 0.899. The molecule has 0 bridgehead atoms. The van der Waals surface area contributed by atoms with E-state index in [0.29, 0.717) is 5.56 Å².